The van der Waals surface area contributed by atoms with Gasteiger partial charge in [0.15, 0.2) is 0 Å². The van der Waals surface area contributed by atoms with Crippen molar-refractivity contribution in [3.63, 3.8) is 0 Å². The van der Waals surface area contributed by atoms with E-state index in [0.29, 0.717) is 5.92 Å². The lowest BCUT2D eigenvalue weighted by Gasteiger charge is -2.37. The lowest BCUT2D eigenvalue weighted by Crippen LogP contribution is -2.37. The van der Waals surface area contributed by atoms with Gasteiger partial charge in [-0.25, -0.2) is 0 Å². The standard InChI is InChI=1S/C12H19N3O2/c1-16-12(5-3-6-12)11-14-10(17-15-11)9-4-2-7-13-8-9/h9,13H,2-8H2,1H3. The van der Waals surface area contributed by atoms with Crippen LogP contribution in [0.1, 0.15) is 49.7 Å². The second-order valence-electron chi connectivity index (χ2n) is 5.05. The summed E-state index contributed by atoms with van der Waals surface area (Å²) in [7, 11) is 1.73. The molecule has 17 heavy (non-hydrogen) atoms. The zero-order valence-corrected chi connectivity index (χ0v) is 10.2. The van der Waals surface area contributed by atoms with Crippen molar-refractivity contribution in [3.8, 4) is 0 Å². The third kappa shape index (κ3) is 1.87. The summed E-state index contributed by atoms with van der Waals surface area (Å²) in [5, 5.41) is 7.48. The molecule has 1 atom stereocenters. The first-order valence-corrected chi connectivity index (χ1v) is 6.44. The minimum Gasteiger partial charge on any atom is -0.370 e. The van der Waals surface area contributed by atoms with E-state index in [4.69, 9.17) is 9.26 Å². The number of nitrogens with zero attached hydrogens (tertiary/aromatic N) is 2. The molecule has 3 rings (SSSR count). The topological polar surface area (TPSA) is 60.2 Å². The molecule has 0 radical (unpaired) electrons. The summed E-state index contributed by atoms with van der Waals surface area (Å²) in [6, 6.07) is 0. The number of hydrogen-bond acceptors (Lipinski definition) is 5. The average molecular weight is 237 g/mol. The summed E-state index contributed by atoms with van der Waals surface area (Å²) < 4.78 is 11.0. The molecule has 1 aliphatic carbocycles. The van der Waals surface area contributed by atoms with Gasteiger partial charge in [-0.05, 0) is 38.6 Å². The fraction of sp³-hybridized carbons (Fsp3) is 0.833. The largest absolute Gasteiger partial charge is 0.370 e. The van der Waals surface area contributed by atoms with E-state index in [1.807, 2.05) is 0 Å². The van der Waals surface area contributed by atoms with Crippen LogP contribution in [0.5, 0.6) is 0 Å². The highest BCUT2D eigenvalue weighted by atomic mass is 16.5. The molecular formula is C12H19N3O2. The molecule has 5 heteroatoms. The van der Waals surface area contributed by atoms with Crippen LogP contribution in [0, 0.1) is 0 Å². The molecule has 1 saturated heterocycles. The monoisotopic (exact) mass is 237 g/mol. The molecule has 0 amide bonds. The molecule has 0 aromatic carbocycles. The van der Waals surface area contributed by atoms with Crippen molar-refractivity contribution in [1.29, 1.82) is 0 Å². The van der Waals surface area contributed by atoms with Crippen molar-refractivity contribution in [1.82, 2.24) is 15.5 Å². The molecule has 1 saturated carbocycles. The van der Waals surface area contributed by atoms with Gasteiger partial charge in [0.2, 0.25) is 11.7 Å². The second kappa shape index (κ2) is 4.38. The van der Waals surface area contributed by atoms with Gasteiger partial charge in [-0.15, -0.1) is 0 Å². The molecule has 0 spiro atoms. The Morgan fingerprint density at radius 1 is 1.41 bits per heavy atom. The molecule has 1 aromatic heterocycles. The summed E-state index contributed by atoms with van der Waals surface area (Å²) in [4.78, 5) is 4.56. The smallest absolute Gasteiger partial charge is 0.231 e. The highest BCUT2D eigenvalue weighted by Crippen LogP contribution is 2.43. The van der Waals surface area contributed by atoms with Crippen molar-refractivity contribution in [2.75, 3.05) is 20.2 Å². The van der Waals surface area contributed by atoms with E-state index < -0.39 is 0 Å². The average Bonchev–Trinajstić information content (AvgIpc) is 2.80. The molecule has 2 heterocycles. The highest BCUT2D eigenvalue weighted by Gasteiger charge is 2.43. The Balaban J connectivity index is 1.77. The van der Waals surface area contributed by atoms with Crippen molar-refractivity contribution in [2.24, 2.45) is 0 Å². The lowest BCUT2D eigenvalue weighted by atomic mass is 9.79. The fourth-order valence-corrected chi connectivity index (χ4v) is 2.67. The molecule has 1 N–H and O–H groups in total. The Bertz CT molecular complexity index is 375. The number of ether oxygens (including phenoxy) is 1. The van der Waals surface area contributed by atoms with Crippen molar-refractivity contribution >= 4 is 0 Å². The Hall–Kier alpha value is -0.940. The number of methoxy groups -OCH3 is 1. The number of hydrogen-bond donors (Lipinski definition) is 1. The summed E-state index contributed by atoms with van der Waals surface area (Å²) >= 11 is 0. The Morgan fingerprint density at radius 2 is 2.29 bits per heavy atom. The van der Waals surface area contributed by atoms with Crippen molar-refractivity contribution in [2.45, 2.75) is 43.6 Å². The first-order valence-electron chi connectivity index (χ1n) is 6.44. The summed E-state index contributed by atoms with van der Waals surface area (Å²) in [5.41, 5.74) is -0.260. The van der Waals surface area contributed by atoms with Crippen LogP contribution in [0.4, 0.5) is 0 Å². The normalized spacial score (nSPS) is 27.7. The number of piperidine rings is 1. The summed E-state index contributed by atoms with van der Waals surface area (Å²) in [6.45, 7) is 2.04. The molecule has 0 bridgehead atoms. The molecule has 5 nitrogen and oxygen atoms in total. The van der Waals surface area contributed by atoms with E-state index >= 15 is 0 Å². The van der Waals surface area contributed by atoms with Crippen LogP contribution in [0.2, 0.25) is 0 Å². The van der Waals surface area contributed by atoms with Crippen molar-refractivity contribution in [3.05, 3.63) is 11.7 Å². The zero-order chi connectivity index (χ0) is 11.7. The summed E-state index contributed by atoms with van der Waals surface area (Å²) in [6.07, 6.45) is 5.51. The van der Waals surface area contributed by atoms with Gasteiger partial charge in [-0.2, -0.15) is 4.98 Å². The SMILES string of the molecule is COC1(c2noc(C3CCCNC3)n2)CCC1. The van der Waals surface area contributed by atoms with E-state index in [2.05, 4.69) is 15.5 Å². The molecule has 1 aliphatic heterocycles. The molecular weight excluding hydrogens is 218 g/mol. The Morgan fingerprint density at radius 3 is 2.88 bits per heavy atom. The maximum atomic E-state index is 5.56. The number of nitrogens with one attached hydrogen (secondary N) is 1. The third-order valence-electron chi connectivity index (χ3n) is 4.05. The molecule has 94 valence electrons. The molecule has 1 aromatic rings. The van der Waals surface area contributed by atoms with Gasteiger partial charge >= 0.3 is 0 Å². The third-order valence-corrected chi connectivity index (χ3v) is 4.05. The van der Waals surface area contributed by atoms with Crippen LogP contribution in [0.15, 0.2) is 4.52 Å². The van der Waals surface area contributed by atoms with Gasteiger partial charge in [0.25, 0.3) is 0 Å². The quantitative estimate of drug-likeness (QED) is 0.864. The maximum Gasteiger partial charge on any atom is 0.231 e. The first-order chi connectivity index (χ1) is 8.34. The maximum absolute atomic E-state index is 5.56. The van der Waals surface area contributed by atoms with Crippen LogP contribution in [-0.2, 0) is 10.3 Å². The van der Waals surface area contributed by atoms with E-state index in [-0.39, 0.29) is 5.60 Å². The van der Waals surface area contributed by atoms with Crippen LogP contribution in [-0.4, -0.2) is 30.3 Å². The Labute approximate surface area is 101 Å². The van der Waals surface area contributed by atoms with Gasteiger partial charge in [0, 0.05) is 13.7 Å². The number of rotatable bonds is 3. The van der Waals surface area contributed by atoms with Gasteiger partial charge in [-0.3, -0.25) is 0 Å². The van der Waals surface area contributed by atoms with E-state index in [1.54, 1.807) is 7.11 Å². The minimum absolute atomic E-state index is 0.260. The van der Waals surface area contributed by atoms with Gasteiger partial charge < -0.3 is 14.6 Å². The van der Waals surface area contributed by atoms with Gasteiger partial charge in [0.05, 0.1) is 5.92 Å². The Kier molecular flexibility index (Phi) is 2.88. The molecule has 2 fully saturated rings. The molecule has 1 unspecified atom stereocenters. The zero-order valence-electron chi connectivity index (χ0n) is 10.2. The van der Waals surface area contributed by atoms with E-state index in [0.717, 1.165) is 44.1 Å². The first kappa shape index (κ1) is 11.2. The molecule has 2 aliphatic rings. The fourth-order valence-electron chi connectivity index (χ4n) is 2.67. The van der Waals surface area contributed by atoms with Gasteiger partial charge in [-0.1, -0.05) is 5.16 Å². The van der Waals surface area contributed by atoms with Crippen LogP contribution >= 0.6 is 0 Å². The van der Waals surface area contributed by atoms with E-state index in [9.17, 15) is 0 Å². The van der Waals surface area contributed by atoms with Crippen LogP contribution < -0.4 is 5.32 Å². The predicted molar refractivity (Wildman–Crippen MR) is 61.7 cm³/mol. The highest BCUT2D eigenvalue weighted by molar-refractivity contribution is 5.08. The summed E-state index contributed by atoms with van der Waals surface area (Å²) in [5.74, 6) is 1.89. The van der Waals surface area contributed by atoms with Crippen LogP contribution in [0.3, 0.4) is 0 Å². The van der Waals surface area contributed by atoms with Crippen molar-refractivity contribution < 1.29 is 9.26 Å². The predicted octanol–water partition coefficient (Wildman–Crippen LogP) is 1.56. The van der Waals surface area contributed by atoms with Gasteiger partial charge in [0.1, 0.15) is 5.60 Å². The van der Waals surface area contributed by atoms with E-state index in [1.165, 1.54) is 12.8 Å². The minimum atomic E-state index is -0.260. The second-order valence-corrected chi connectivity index (χ2v) is 5.05. The van der Waals surface area contributed by atoms with Crippen LogP contribution in [0.25, 0.3) is 0 Å². The lowest BCUT2D eigenvalue weighted by molar-refractivity contribution is -0.0858. The number of aromatic nitrogens is 2.